The predicted molar refractivity (Wildman–Crippen MR) is 116 cm³/mol. The zero-order chi connectivity index (χ0) is 21.7. The molecule has 154 valence electrons. The summed E-state index contributed by atoms with van der Waals surface area (Å²) < 4.78 is 38.9. The second-order valence-electron chi connectivity index (χ2n) is 6.39. The van der Waals surface area contributed by atoms with E-state index in [4.69, 9.17) is 23.8 Å². The third-order valence-electron chi connectivity index (χ3n) is 4.31. The first-order valence-corrected chi connectivity index (χ1v) is 9.63. The van der Waals surface area contributed by atoms with E-state index in [0.717, 1.165) is 29.3 Å². The first kappa shape index (κ1) is 21.8. The average molecular weight is 449 g/mol. The molecule has 2 N–H and O–H groups in total. The van der Waals surface area contributed by atoms with Crippen LogP contribution < -0.4 is 10.6 Å². The fourth-order valence-corrected chi connectivity index (χ4v) is 3.30. The molecule has 0 saturated heterocycles. The summed E-state index contributed by atoms with van der Waals surface area (Å²) >= 11 is 11.1. The van der Waals surface area contributed by atoms with Gasteiger partial charge >= 0.3 is 6.18 Å². The molecule has 0 aromatic heterocycles. The summed E-state index contributed by atoms with van der Waals surface area (Å²) in [5.41, 5.74) is 0.574. The van der Waals surface area contributed by atoms with Crippen molar-refractivity contribution in [1.82, 2.24) is 5.32 Å². The van der Waals surface area contributed by atoms with Gasteiger partial charge in [-0.1, -0.05) is 72.3 Å². The van der Waals surface area contributed by atoms with Gasteiger partial charge in [0.05, 0.1) is 22.2 Å². The third kappa shape index (κ3) is 5.37. The fourth-order valence-electron chi connectivity index (χ4n) is 2.92. The van der Waals surface area contributed by atoms with E-state index in [1.54, 1.807) is 0 Å². The van der Waals surface area contributed by atoms with E-state index >= 15 is 0 Å². The minimum absolute atomic E-state index is 0.0438. The van der Waals surface area contributed by atoms with E-state index in [1.165, 1.54) is 0 Å². The van der Waals surface area contributed by atoms with E-state index in [9.17, 15) is 18.0 Å². The lowest BCUT2D eigenvalue weighted by Gasteiger charge is -2.19. The number of amides is 1. The van der Waals surface area contributed by atoms with Gasteiger partial charge in [0.1, 0.15) is 0 Å². The Morgan fingerprint density at radius 2 is 1.43 bits per heavy atom. The minimum Gasteiger partial charge on any atom is -0.331 e. The molecule has 0 saturated carbocycles. The van der Waals surface area contributed by atoms with Gasteiger partial charge in [-0.25, -0.2) is 0 Å². The zero-order valence-corrected chi connectivity index (χ0v) is 17.0. The van der Waals surface area contributed by atoms with E-state index in [1.807, 2.05) is 60.7 Å². The summed E-state index contributed by atoms with van der Waals surface area (Å²) in [6, 6.07) is 21.0. The SMILES string of the molecule is O=C(NC(=S)Nc1cc(C(F)(F)F)ccc1Cl)C(c1ccccc1)c1ccccc1. The lowest BCUT2D eigenvalue weighted by Crippen LogP contribution is -2.38. The topological polar surface area (TPSA) is 41.1 Å². The molecule has 0 heterocycles. The summed E-state index contributed by atoms with van der Waals surface area (Å²) in [4.78, 5) is 13.0. The summed E-state index contributed by atoms with van der Waals surface area (Å²) in [6.45, 7) is 0. The minimum atomic E-state index is -4.53. The third-order valence-corrected chi connectivity index (χ3v) is 4.84. The quantitative estimate of drug-likeness (QED) is 0.481. The molecule has 0 fully saturated rings. The molecular weight excluding hydrogens is 433 g/mol. The maximum absolute atomic E-state index is 13.0. The van der Waals surface area contributed by atoms with Crippen molar-refractivity contribution in [1.29, 1.82) is 0 Å². The molecule has 3 aromatic carbocycles. The van der Waals surface area contributed by atoms with Crippen LogP contribution in [0.25, 0.3) is 0 Å². The highest BCUT2D eigenvalue weighted by Crippen LogP contribution is 2.34. The number of benzene rings is 3. The van der Waals surface area contributed by atoms with Crippen LogP contribution in [0.15, 0.2) is 78.9 Å². The maximum atomic E-state index is 13.0. The predicted octanol–water partition coefficient (Wildman–Crippen LogP) is 6.00. The molecule has 0 unspecified atom stereocenters. The Kier molecular flexibility index (Phi) is 6.74. The number of rotatable bonds is 4. The number of anilines is 1. The molecular formula is C22H16ClF3N2OS. The maximum Gasteiger partial charge on any atom is 0.416 e. The van der Waals surface area contributed by atoms with Crippen molar-refractivity contribution in [2.75, 3.05) is 5.32 Å². The molecule has 0 aliphatic heterocycles. The molecule has 0 bridgehead atoms. The van der Waals surface area contributed by atoms with Gasteiger partial charge in [-0.3, -0.25) is 4.79 Å². The van der Waals surface area contributed by atoms with Crippen molar-refractivity contribution in [2.24, 2.45) is 0 Å². The zero-order valence-electron chi connectivity index (χ0n) is 15.4. The number of carbonyl (C=O) groups excluding carboxylic acids is 1. The van der Waals surface area contributed by atoms with Gasteiger partial charge in [-0.2, -0.15) is 13.2 Å². The Hall–Kier alpha value is -2.90. The Labute approximate surface area is 181 Å². The number of alkyl halides is 3. The average Bonchev–Trinajstić information content (AvgIpc) is 2.70. The first-order valence-electron chi connectivity index (χ1n) is 8.84. The highest BCUT2D eigenvalue weighted by atomic mass is 35.5. The van der Waals surface area contributed by atoms with Gasteiger partial charge in [-0.05, 0) is 41.5 Å². The summed E-state index contributed by atoms with van der Waals surface area (Å²) in [5.74, 6) is -1.07. The number of hydrogen-bond acceptors (Lipinski definition) is 2. The Morgan fingerprint density at radius 3 is 1.93 bits per heavy atom. The Bertz CT molecular complexity index is 1000. The lowest BCUT2D eigenvalue weighted by molar-refractivity contribution is -0.137. The van der Waals surface area contributed by atoms with Crippen LogP contribution >= 0.6 is 23.8 Å². The van der Waals surface area contributed by atoms with Crippen LogP contribution in [0.1, 0.15) is 22.6 Å². The van der Waals surface area contributed by atoms with Crippen LogP contribution in [0, 0.1) is 0 Å². The van der Waals surface area contributed by atoms with Gasteiger partial charge in [-0.15, -0.1) is 0 Å². The molecule has 1 amide bonds. The largest absolute Gasteiger partial charge is 0.416 e. The van der Waals surface area contributed by atoms with Crippen LogP contribution in [0.4, 0.5) is 18.9 Å². The first-order chi connectivity index (χ1) is 14.3. The summed E-state index contributed by atoms with van der Waals surface area (Å²) in [7, 11) is 0. The Morgan fingerprint density at radius 1 is 0.900 bits per heavy atom. The van der Waals surface area contributed by atoms with Gasteiger partial charge in [0.25, 0.3) is 0 Å². The van der Waals surface area contributed by atoms with Crippen LogP contribution in [0.2, 0.25) is 5.02 Å². The summed E-state index contributed by atoms with van der Waals surface area (Å²) in [6.07, 6.45) is -4.53. The van der Waals surface area contributed by atoms with Crippen molar-refractivity contribution in [3.05, 3.63) is 101 Å². The van der Waals surface area contributed by atoms with Crippen molar-refractivity contribution in [3.63, 3.8) is 0 Å². The van der Waals surface area contributed by atoms with Gasteiger partial charge in [0, 0.05) is 0 Å². The monoisotopic (exact) mass is 448 g/mol. The molecule has 3 nitrogen and oxygen atoms in total. The van der Waals surface area contributed by atoms with Crippen LogP contribution in [0.3, 0.4) is 0 Å². The summed E-state index contributed by atoms with van der Waals surface area (Å²) in [5, 5.41) is 5.02. The van der Waals surface area contributed by atoms with Crippen LogP contribution in [-0.4, -0.2) is 11.0 Å². The number of nitrogens with one attached hydrogen (secondary N) is 2. The number of halogens is 4. The van der Waals surface area contributed by atoms with Crippen molar-refractivity contribution >= 4 is 40.5 Å². The molecule has 0 radical (unpaired) electrons. The van der Waals surface area contributed by atoms with Gasteiger partial charge in [0.2, 0.25) is 5.91 Å². The molecule has 8 heteroatoms. The van der Waals surface area contributed by atoms with E-state index in [2.05, 4.69) is 10.6 Å². The second kappa shape index (κ2) is 9.28. The van der Waals surface area contributed by atoms with Crippen molar-refractivity contribution < 1.29 is 18.0 Å². The molecule has 0 spiro atoms. The van der Waals surface area contributed by atoms with E-state index in [0.29, 0.717) is 0 Å². The van der Waals surface area contributed by atoms with Crippen LogP contribution in [0.5, 0.6) is 0 Å². The number of carbonyl (C=O) groups is 1. The van der Waals surface area contributed by atoms with E-state index < -0.39 is 23.6 Å². The van der Waals surface area contributed by atoms with Crippen LogP contribution in [-0.2, 0) is 11.0 Å². The highest BCUT2D eigenvalue weighted by Gasteiger charge is 2.31. The lowest BCUT2D eigenvalue weighted by atomic mass is 9.90. The second-order valence-corrected chi connectivity index (χ2v) is 7.21. The smallest absolute Gasteiger partial charge is 0.331 e. The number of thiocarbonyl (C=S) groups is 1. The van der Waals surface area contributed by atoms with Crippen molar-refractivity contribution in [2.45, 2.75) is 12.1 Å². The molecule has 0 aliphatic rings. The molecule has 30 heavy (non-hydrogen) atoms. The number of hydrogen-bond donors (Lipinski definition) is 2. The normalized spacial score (nSPS) is 11.2. The fraction of sp³-hybridized carbons (Fsp3) is 0.0909. The highest BCUT2D eigenvalue weighted by molar-refractivity contribution is 7.80. The molecule has 3 rings (SSSR count). The molecule has 0 atom stereocenters. The molecule has 0 aliphatic carbocycles. The molecule has 3 aromatic rings. The van der Waals surface area contributed by atoms with Gasteiger partial charge < -0.3 is 10.6 Å². The standard InChI is InChI=1S/C22H16ClF3N2OS/c23-17-12-11-16(22(24,25)26)13-18(17)27-21(30)28-20(29)19(14-7-3-1-4-8-14)15-9-5-2-6-10-15/h1-13,19H,(H2,27,28,29,30). The van der Waals surface area contributed by atoms with Gasteiger partial charge in [0.15, 0.2) is 5.11 Å². The Balaban J connectivity index is 1.81. The van der Waals surface area contributed by atoms with Crippen molar-refractivity contribution in [3.8, 4) is 0 Å². The van der Waals surface area contributed by atoms with E-state index in [-0.39, 0.29) is 15.8 Å².